The van der Waals surface area contributed by atoms with Gasteiger partial charge in [-0.3, -0.25) is 0 Å². The Hall–Kier alpha value is -2.05. The smallest absolute Gasteiger partial charge is 0.154 e. The minimum atomic E-state index is -0.116. The Kier molecular flexibility index (Phi) is 44.8. The SMILES string of the molecule is C.C.CC1=CCC(C)CC1.CC1CCC(C)CC1.CC1CCC(C)CC1.CC1CCC(C)CC1.CC1CCC(C)OC1.CC1CCC(C)OC1.CC1COC(C)OC1.Cc1ccc(C)c(F)c1.Cc1ccc(C)cc1. The third kappa shape index (κ3) is 42.6. The second-order valence-electron chi connectivity index (χ2n) is 25.4. The van der Waals surface area contributed by atoms with Crippen molar-refractivity contribution < 1.29 is 23.3 Å². The van der Waals surface area contributed by atoms with Gasteiger partial charge in [0.05, 0.1) is 25.4 Å². The van der Waals surface area contributed by atoms with Gasteiger partial charge in [0.25, 0.3) is 0 Å². The van der Waals surface area contributed by atoms with E-state index in [9.17, 15) is 4.39 Å². The number of ether oxygens (including phenoxy) is 4. The molecule has 9 rings (SSSR count). The highest BCUT2D eigenvalue weighted by Gasteiger charge is 2.17. The fourth-order valence-electron chi connectivity index (χ4n) is 9.44. The van der Waals surface area contributed by atoms with Gasteiger partial charge in [-0.1, -0.05) is 220 Å². The number of hydrogen-bond acceptors (Lipinski definition) is 4. The van der Waals surface area contributed by atoms with Gasteiger partial charge in [-0.15, -0.1) is 0 Å². The summed E-state index contributed by atoms with van der Waals surface area (Å²) in [7, 11) is 0. The summed E-state index contributed by atoms with van der Waals surface area (Å²) in [4.78, 5) is 0. The molecule has 2 aromatic rings. The van der Waals surface area contributed by atoms with E-state index < -0.39 is 0 Å². The minimum absolute atomic E-state index is 0. The number of hydrogen-bond donors (Lipinski definition) is 0. The Bertz CT molecular complexity index is 1350. The standard InChI is InChI=1S/C8H9F.3C8H16.C8H14.C8H10.2C7H14O.C6H12O2.2CH4/c1-6-3-4-7(2)8(9)5-6;5*1-7-3-5-8(2)6-4-7;2*1-6-3-4-7(2)8-5-6;1-5-3-7-6(2)8-4-5;;/h3-5H,1-2H3;3*7-8H,3-6H2,1-2H3;3,8H,4-6H2,1-2H3;3-6H,1-2H3;2*6-7H,3-5H2,1-2H3;5-6H,3-4H2,1-2H3;2*1H4. The molecular weight excluding hydrogens is 924 g/mol. The molecule has 0 amide bonds. The maximum Gasteiger partial charge on any atom is 0.154 e. The number of rotatable bonds is 0. The minimum Gasteiger partial charge on any atom is -0.378 e. The molecule has 0 radical (unpaired) electrons. The zero-order valence-electron chi connectivity index (χ0n) is 51.4. The molecule has 7 aliphatic rings. The molecule has 6 fully saturated rings. The first-order chi connectivity index (χ1) is 34.5. The van der Waals surface area contributed by atoms with Crippen LogP contribution in [0.15, 0.2) is 54.1 Å². The summed E-state index contributed by atoms with van der Waals surface area (Å²) in [6.45, 7) is 43.0. The van der Waals surface area contributed by atoms with Gasteiger partial charge >= 0.3 is 0 Å². The lowest BCUT2D eigenvalue weighted by atomic mass is 9.84. The molecule has 0 N–H and O–H groups in total. The Morgan fingerprint density at radius 3 is 0.880 bits per heavy atom. The van der Waals surface area contributed by atoms with Crippen LogP contribution in [0.5, 0.6) is 0 Å². The van der Waals surface area contributed by atoms with Crippen molar-refractivity contribution in [3.05, 3.63) is 82.2 Å². The molecule has 0 spiro atoms. The maximum absolute atomic E-state index is 12.6. The summed E-state index contributed by atoms with van der Waals surface area (Å²) in [5.41, 5.74) is 5.92. The van der Waals surface area contributed by atoms with Crippen molar-refractivity contribution in [2.75, 3.05) is 26.4 Å². The summed E-state index contributed by atoms with van der Waals surface area (Å²) in [6, 6.07) is 13.7. The van der Waals surface area contributed by atoms with Crippen LogP contribution in [-0.4, -0.2) is 44.9 Å². The lowest BCUT2D eigenvalue weighted by molar-refractivity contribution is -0.187. The molecule has 440 valence electrons. The first-order valence-corrected chi connectivity index (χ1v) is 30.4. The quantitative estimate of drug-likeness (QED) is 0.246. The van der Waals surface area contributed by atoms with Crippen LogP contribution < -0.4 is 0 Å². The monoisotopic (exact) mass is 1050 g/mol. The molecule has 0 aromatic heterocycles. The van der Waals surface area contributed by atoms with Gasteiger partial charge in [-0.2, -0.15) is 0 Å². The molecule has 5 atom stereocenters. The number of aryl methyl sites for hydroxylation is 4. The predicted molar refractivity (Wildman–Crippen MR) is 331 cm³/mol. The van der Waals surface area contributed by atoms with Crippen molar-refractivity contribution in [1.29, 1.82) is 0 Å². The van der Waals surface area contributed by atoms with Gasteiger partial charge in [0, 0.05) is 19.1 Å². The molecule has 4 aliphatic carbocycles. The first-order valence-electron chi connectivity index (χ1n) is 30.4. The highest BCUT2D eigenvalue weighted by atomic mass is 19.1. The largest absolute Gasteiger partial charge is 0.378 e. The van der Waals surface area contributed by atoms with Crippen molar-refractivity contribution in [3.63, 3.8) is 0 Å². The van der Waals surface area contributed by atoms with Gasteiger partial charge < -0.3 is 18.9 Å². The maximum atomic E-state index is 12.6. The summed E-state index contributed by atoms with van der Waals surface area (Å²) in [5.74, 6) is 9.12. The first kappa shape index (κ1) is 75.0. The van der Waals surface area contributed by atoms with Gasteiger partial charge in [0.1, 0.15) is 5.82 Å². The third-order valence-corrected chi connectivity index (χ3v) is 16.1. The fourth-order valence-corrected chi connectivity index (χ4v) is 9.44. The highest BCUT2D eigenvalue weighted by Crippen LogP contribution is 2.29. The van der Waals surface area contributed by atoms with Crippen LogP contribution in [0.3, 0.4) is 0 Å². The summed E-state index contributed by atoms with van der Waals surface area (Å²) in [6.07, 6.45) is 30.4. The summed E-state index contributed by atoms with van der Waals surface area (Å²) < 4.78 is 33.7. The fraction of sp³-hybridized carbons (Fsp3) is 0.800. The predicted octanol–water partition coefficient (Wildman–Crippen LogP) is 21.9. The van der Waals surface area contributed by atoms with Crippen molar-refractivity contribution >= 4 is 0 Å². The Balaban J connectivity index is 0. The van der Waals surface area contributed by atoms with Crippen LogP contribution in [0.2, 0.25) is 0 Å². The summed E-state index contributed by atoms with van der Waals surface area (Å²) >= 11 is 0. The number of halogens is 1. The van der Waals surface area contributed by atoms with E-state index in [1.54, 1.807) is 18.6 Å². The van der Waals surface area contributed by atoms with Crippen LogP contribution in [-0.2, 0) is 18.9 Å². The topological polar surface area (TPSA) is 36.9 Å². The van der Waals surface area contributed by atoms with E-state index in [0.717, 1.165) is 85.3 Å². The molecule has 5 unspecified atom stereocenters. The van der Waals surface area contributed by atoms with Crippen LogP contribution >= 0.6 is 0 Å². The van der Waals surface area contributed by atoms with E-state index in [0.29, 0.717) is 23.7 Å². The van der Waals surface area contributed by atoms with E-state index in [4.69, 9.17) is 18.9 Å². The van der Waals surface area contributed by atoms with Gasteiger partial charge in [-0.25, -0.2) is 4.39 Å². The average Bonchev–Trinajstić information content (AvgIpc) is 3.37. The molecule has 3 saturated carbocycles. The molecule has 75 heavy (non-hydrogen) atoms. The Labute approximate surface area is 469 Å². The second-order valence-corrected chi connectivity index (χ2v) is 25.4. The number of allylic oxidation sites excluding steroid dienone is 2. The molecule has 2 aromatic carbocycles. The Morgan fingerprint density at radius 2 is 0.653 bits per heavy atom. The zero-order valence-corrected chi connectivity index (χ0v) is 51.4. The molecule has 3 saturated heterocycles. The molecular formula is C70H129FO4. The van der Waals surface area contributed by atoms with Crippen molar-refractivity contribution in [3.8, 4) is 0 Å². The van der Waals surface area contributed by atoms with E-state index in [1.165, 1.54) is 139 Å². The number of benzene rings is 2. The highest BCUT2D eigenvalue weighted by molar-refractivity contribution is 5.22. The van der Waals surface area contributed by atoms with Crippen LogP contribution in [0.1, 0.15) is 256 Å². The van der Waals surface area contributed by atoms with E-state index in [-0.39, 0.29) is 27.0 Å². The molecule has 0 bridgehead atoms. The molecule has 3 aliphatic heterocycles. The van der Waals surface area contributed by atoms with E-state index >= 15 is 0 Å². The van der Waals surface area contributed by atoms with Crippen LogP contribution in [0.25, 0.3) is 0 Å². The third-order valence-electron chi connectivity index (χ3n) is 16.1. The lowest BCUT2D eigenvalue weighted by Gasteiger charge is -2.24. The van der Waals surface area contributed by atoms with E-state index in [1.807, 2.05) is 19.9 Å². The molecule has 5 heteroatoms. The molecule has 4 nitrogen and oxygen atoms in total. The second kappa shape index (κ2) is 44.8. The van der Waals surface area contributed by atoms with E-state index in [2.05, 4.69) is 134 Å². The van der Waals surface area contributed by atoms with Gasteiger partial charge in [0.15, 0.2) is 6.29 Å². The van der Waals surface area contributed by atoms with Crippen LogP contribution in [0, 0.1) is 92.7 Å². The summed E-state index contributed by atoms with van der Waals surface area (Å²) in [5, 5.41) is 0. The average molecular weight is 1050 g/mol. The van der Waals surface area contributed by atoms with Gasteiger partial charge in [-0.05, 0) is 171 Å². The Morgan fingerprint density at radius 1 is 0.347 bits per heavy atom. The normalized spacial score (nSPS) is 30.8. The van der Waals surface area contributed by atoms with Crippen molar-refractivity contribution in [1.82, 2.24) is 0 Å². The lowest BCUT2D eigenvalue weighted by Crippen LogP contribution is -2.27. The molecule has 3 heterocycles. The zero-order chi connectivity index (χ0) is 54.7. The van der Waals surface area contributed by atoms with Gasteiger partial charge in [0.2, 0.25) is 0 Å². The van der Waals surface area contributed by atoms with Crippen LogP contribution in [0.4, 0.5) is 4.39 Å². The van der Waals surface area contributed by atoms with Crippen molar-refractivity contribution in [2.45, 2.75) is 280 Å². The van der Waals surface area contributed by atoms with Crippen molar-refractivity contribution in [2.24, 2.45) is 59.2 Å².